The van der Waals surface area contributed by atoms with Crippen molar-refractivity contribution in [3.63, 3.8) is 0 Å². The van der Waals surface area contributed by atoms with Crippen LogP contribution < -0.4 is 20.7 Å². The number of nitrogens with zero attached hydrogens (tertiary/aromatic N) is 4. The van der Waals surface area contributed by atoms with Crippen molar-refractivity contribution in [1.29, 1.82) is 0 Å². The van der Waals surface area contributed by atoms with Gasteiger partial charge in [-0.25, -0.2) is 4.98 Å². The lowest BCUT2D eigenvalue weighted by molar-refractivity contribution is -0.134. The first-order valence-corrected chi connectivity index (χ1v) is 8.76. The minimum absolute atomic E-state index is 0.194. The van der Waals surface area contributed by atoms with Crippen LogP contribution in [0, 0.1) is 0 Å². The Morgan fingerprint density at radius 1 is 1.37 bits per heavy atom. The molecule has 0 radical (unpaired) electrons. The number of halogens is 1. The molecular weight excluding hydrogens is 372 g/mol. The number of nitrogens with one attached hydrogen (secondary N) is 1. The number of anilines is 4. The largest absolute Gasteiger partial charge is 0.494 e. The van der Waals surface area contributed by atoms with Gasteiger partial charge in [0.15, 0.2) is 0 Å². The third kappa shape index (κ3) is 4.32. The van der Waals surface area contributed by atoms with Crippen molar-refractivity contribution in [1.82, 2.24) is 14.9 Å². The molecule has 9 nitrogen and oxygen atoms in total. The third-order valence-electron chi connectivity index (χ3n) is 4.34. The van der Waals surface area contributed by atoms with Gasteiger partial charge in [-0.2, -0.15) is 4.98 Å². The van der Waals surface area contributed by atoms with Gasteiger partial charge in [-0.15, -0.1) is 0 Å². The minimum atomic E-state index is -0.453. The van der Waals surface area contributed by atoms with Gasteiger partial charge in [0.25, 0.3) is 0 Å². The van der Waals surface area contributed by atoms with Crippen LogP contribution >= 0.6 is 11.6 Å². The van der Waals surface area contributed by atoms with Gasteiger partial charge in [0.1, 0.15) is 23.2 Å². The van der Waals surface area contributed by atoms with Crippen molar-refractivity contribution in [3.05, 3.63) is 29.4 Å². The minimum Gasteiger partial charge on any atom is -0.494 e. The molecule has 3 rings (SSSR count). The summed E-state index contributed by atoms with van der Waals surface area (Å²) in [4.78, 5) is 23.6. The second kappa shape index (κ2) is 8.28. The summed E-state index contributed by atoms with van der Waals surface area (Å²) in [6, 6.07) is 5.73. The average Bonchev–Trinajstić information content (AvgIpc) is 2.70. The van der Waals surface area contributed by atoms with Gasteiger partial charge in [-0.3, -0.25) is 4.79 Å². The van der Waals surface area contributed by atoms with E-state index in [0.717, 1.165) is 5.69 Å². The number of benzene rings is 1. The fourth-order valence-electron chi connectivity index (χ4n) is 2.85. The van der Waals surface area contributed by atoms with Crippen LogP contribution in [0.3, 0.4) is 0 Å². The molecule has 0 bridgehead atoms. The standard InChI is InChI=1S/C17H21ClN6O3/c1-27-14-8-11(23-4-6-24(7-5-23)15(26)10-25)2-3-13(14)21-17-20-9-12(18)16(19)22-17/h2-3,8-9,25H,4-7,10H2,1H3,(H3,19,20,21,22). The van der Waals surface area contributed by atoms with E-state index in [9.17, 15) is 4.79 Å². The number of nitrogens with two attached hydrogens (primary N) is 1. The molecule has 0 unspecified atom stereocenters. The van der Waals surface area contributed by atoms with E-state index >= 15 is 0 Å². The topological polar surface area (TPSA) is 117 Å². The van der Waals surface area contributed by atoms with E-state index in [-0.39, 0.29) is 11.7 Å². The van der Waals surface area contributed by atoms with Crippen LogP contribution in [-0.2, 0) is 4.79 Å². The molecule has 1 aromatic heterocycles. The maximum atomic E-state index is 11.6. The fraction of sp³-hybridized carbons (Fsp3) is 0.353. The monoisotopic (exact) mass is 392 g/mol. The molecular formula is C17H21ClN6O3. The predicted octanol–water partition coefficient (Wildman–Crippen LogP) is 1.11. The number of methoxy groups -OCH3 is 1. The summed E-state index contributed by atoms with van der Waals surface area (Å²) in [6.07, 6.45) is 1.43. The molecule has 0 aliphatic carbocycles. The Kier molecular flexibility index (Phi) is 5.82. The Bertz CT molecular complexity index is 826. The van der Waals surface area contributed by atoms with Crippen LogP contribution in [0.1, 0.15) is 0 Å². The summed E-state index contributed by atoms with van der Waals surface area (Å²) in [6.45, 7) is 2.04. The first-order chi connectivity index (χ1) is 13.0. The molecule has 144 valence electrons. The van der Waals surface area contributed by atoms with Gasteiger partial charge in [0.05, 0.1) is 19.0 Å². The van der Waals surface area contributed by atoms with Crippen LogP contribution in [-0.4, -0.2) is 65.8 Å². The number of aromatic nitrogens is 2. The molecule has 10 heteroatoms. The van der Waals surface area contributed by atoms with Crippen molar-refractivity contribution in [2.45, 2.75) is 0 Å². The second-order valence-corrected chi connectivity index (χ2v) is 6.37. The van der Waals surface area contributed by atoms with Crippen molar-refractivity contribution in [3.8, 4) is 5.75 Å². The lowest BCUT2D eigenvalue weighted by atomic mass is 10.2. The maximum absolute atomic E-state index is 11.6. The molecule has 1 aliphatic heterocycles. The molecule has 1 aliphatic rings. The lowest BCUT2D eigenvalue weighted by Gasteiger charge is -2.36. The number of carbonyl (C=O) groups excluding carboxylic acids is 1. The predicted molar refractivity (Wildman–Crippen MR) is 104 cm³/mol. The molecule has 0 saturated carbocycles. The van der Waals surface area contributed by atoms with E-state index in [2.05, 4.69) is 20.2 Å². The average molecular weight is 393 g/mol. The SMILES string of the molecule is COc1cc(N2CCN(C(=O)CO)CC2)ccc1Nc1ncc(Cl)c(N)n1. The highest BCUT2D eigenvalue weighted by molar-refractivity contribution is 6.32. The van der Waals surface area contributed by atoms with Gasteiger partial charge < -0.3 is 30.7 Å². The van der Waals surface area contributed by atoms with Crippen LogP contribution in [0.25, 0.3) is 0 Å². The Balaban J connectivity index is 1.73. The first kappa shape index (κ1) is 19.0. The van der Waals surface area contributed by atoms with Crippen molar-refractivity contribution in [2.24, 2.45) is 0 Å². The van der Waals surface area contributed by atoms with Crippen LogP contribution in [0.2, 0.25) is 5.02 Å². The number of amides is 1. The van der Waals surface area contributed by atoms with Gasteiger partial charge >= 0.3 is 0 Å². The molecule has 1 fully saturated rings. The lowest BCUT2D eigenvalue weighted by Crippen LogP contribution is -2.49. The quantitative estimate of drug-likeness (QED) is 0.692. The normalized spacial score (nSPS) is 14.2. The highest BCUT2D eigenvalue weighted by Crippen LogP contribution is 2.32. The molecule has 0 atom stereocenters. The number of hydrogen-bond donors (Lipinski definition) is 3. The fourth-order valence-corrected chi connectivity index (χ4v) is 2.95. The summed E-state index contributed by atoms with van der Waals surface area (Å²) >= 11 is 5.84. The zero-order valence-electron chi connectivity index (χ0n) is 14.9. The van der Waals surface area contributed by atoms with E-state index in [0.29, 0.717) is 48.6 Å². The summed E-state index contributed by atoms with van der Waals surface area (Å²) in [5.41, 5.74) is 7.37. The van der Waals surface area contributed by atoms with E-state index in [1.165, 1.54) is 6.20 Å². The van der Waals surface area contributed by atoms with E-state index in [1.807, 2.05) is 18.2 Å². The summed E-state index contributed by atoms with van der Waals surface area (Å²) in [5.74, 6) is 0.895. The number of aliphatic hydroxyl groups excluding tert-OH is 1. The number of piperazine rings is 1. The molecule has 27 heavy (non-hydrogen) atoms. The second-order valence-electron chi connectivity index (χ2n) is 5.96. The molecule has 4 N–H and O–H groups in total. The van der Waals surface area contributed by atoms with Gasteiger partial charge in [0.2, 0.25) is 11.9 Å². The van der Waals surface area contributed by atoms with E-state index < -0.39 is 6.61 Å². The molecule has 2 aromatic rings. The molecule has 1 saturated heterocycles. The molecule has 1 amide bonds. The van der Waals surface area contributed by atoms with Crippen LogP contribution in [0.15, 0.2) is 24.4 Å². The number of ether oxygens (including phenoxy) is 1. The Morgan fingerprint density at radius 3 is 2.74 bits per heavy atom. The Labute approximate surface area is 161 Å². The van der Waals surface area contributed by atoms with E-state index in [1.54, 1.807) is 12.0 Å². The number of nitrogen functional groups attached to an aromatic ring is 1. The van der Waals surface area contributed by atoms with Gasteiger partial charge in [0, 0.05) is 37.9 Å². The smallest absolute Gasteiger partial charge is 0.248 e. The number of hydrogen-bond acceptors (Lipinski definition) is 8. The molecule has 2 heterocycles. The van der Waals surface area contributed by atoms with Gasteiger partial charge in [-0.05, 0) is 12.1 Å². The summed E-state index contributed by atoms with van der Waals surface area (Å²) < 4.78 is 5.48. The van der Waals surface area contributed by atoms with Crippen molar-refractivity contribution < 1.29 is 14.6 Å². The van der Waals surface area contributed by atoms with Crippen molar-refractivity contribution >= 4 is 40.6 Å². The zero-order chi connectivity index (χ0) is 19.4. The highest BCUT2D eigenvalue weighted by atomic mass is 35.5. The zero-order valence-corrected chi connectivity index (χ0v) is 15.6. The third-order valence-corrected chi connectivity index (χ3v) is 4.63. The Morgan fingerprint density at radius 2 is 2.11 bits per heavy atom. The molecule has 0 spiro atoms. The van der Waals surface area contributed by atoms with E-state index in [4.69, 9.17) is 27.2 Å². The number of aliphatic hydroxyl groups is 1. The number of carbonyl (C=O) groups is 1. The van der Waals surface area contributed by atoms with Gasteiger partial charge in [-0.1, -0.05) is 11.6 Å². The Hall–Kier alpha value is -2.78. The van der Waals surface area contributed by atoms with Crippen LogP contribution in [0.4, 0.5) is 23.1 Å². The summed E-state index contributed by atoms with van der Waals surface area (Å²) in [7, 11) is 1.58. The first-order valence-electron chi connectivity index (χ1n) is 8.38. The van der Waals surface area contributed by atoms with Crippen LogP contribution in [0.5, 0.6) is 5.75 Å². The highest BCUT2D eigenvalue weighted by Gasteiger charge is 2.21. The summed E-state index contributed by atoms with van der Waals surface area (Å²) in [5, 5.41) is 12.3. The number of rotatable bonds is 5. The van der Waals surface area contributed by atoms with Crippen molar-refractivity contribution in [2.75, 3.05) is 55.8 Å². The maximum Gasteiger partial charge on any atom is 0.248 e. The molecule has 1 aromatic carbocycles.